The van der Waals surface area contributed by atoms with Gasteiger partial charge < -0.3 is 10.1 Å². The van der Waals surface area contributed by atoms with E-state index in [-0.39, 0.29) is 23.8 Å². The zero-order valence-corrected chi connectivity index (χ0v) is 14.0. The summed E-state index contributed by atoms with van der Waals surface area (Å²) < 4.78 is 43.1. The van der Waals surface area contributed by atoms with E-state index in [0.717, 1.165) is 6.26 Å². The first-order valence-corrected chi connectivity index (χ1v) is 8.86. The molecule has 0 aliphatic heterocycles. The van der Waals surface area contributed by atoms with E-state index in [1.165, 1.54) is 37.4 Å². The van der Waals surface area contributed by atoms with Crippen molar-refractivity contribution in [1.82, 2.24) is 0 Å². The van der Waals surface area contributed by atoms with Gasteiger partial charge in [0.1, 0.15) is 11.6 Å². The molecule has 0 bridgehead atoms. The lowest BCUT2D eigenvalue weighted by Gasteiger charge is -2.12. The lowest BCUT2D eigenvalue weighted by Crippen LogP contribution is -2.15. The normalized spacial score (nSPS) is 11.0. The molecular formula is C16H17FN2O4S. The fraction of sp³-hybridized carbons (Fsp3) is 0.188. The van der Waals surface area contributed by atoms with Crippen molar-refractivity contribution in [3.8, 4) is 5.75 Å². The zero-order valence-electron chi connectivity index (χ0n) is 13.2. The van der Waals surface area contributed by atoms with E-state index in [0.29, 0.717) is 11.3 Å². The molecule has 128 valence electrons. The Kier molecular flexibility index (Phi) is 5.40. The fourth-order valence-corrected chi connectivity index (χ4v) is 2.66. The van der Waals surface area contributed by atoms with Crippen LogP contribution in [0.15, 0.2) is 42.5 Å². The van der Waals surface area contributed by atoms with Crippen molar-refractivity contribution in [2.75, 3.05) is 23.4 Å². The number of methoxy groups -OCH3 is 1. The van der Waals surface area contributed by atoms with Crippen molar-refractivity contribution >= 4 is 27.3 Å². The summed E-state index contributed by atoms with van der Waals surface area (Å²) in [4.78, 5) is 12.0. The first kappa shape index (κ1) is 17.7. The number of rotatable bonds is 6. The smallest absolute Gasteiger partial charge is 0.229 e. The first-order valence-electron chi connectivity index (χ1n) is 6.97. The van der Waals surface area contributed by atoms with Gasteiger partial charge in [-0.3, -0.25) is 9.52 Å². The zero-order chi connectivity index (χ0) is 17.7. The van der Waals surface area contributed by atoms with Gasteiger partial charge in [0.25, 0.3) is 0 Å². The minimum absolute atomic E-state index is 0.0173. The molecule has 0 saturated heterocycles. The van der Waals surface area contributed by atoms with Gasteiger partial charge in [-0.25, -0.2) is 12.8 Å². The van der Waals surface area contributed by atoms with Gasteiger partial charge in [-0.05, 0) is 29.8 Å². The molecule has 0 radical (unpaired) electrons. The van der Waals surface area contributed by atoms with Crippen molar-refractivity contribution in [2.24, 2.45) is 0 Å². The van der Waals surface area contributed by atoms with Crippen molar-refractivity contribution in [3.63, 3.8) is 0 Å². The van der Waals surface area contributed by atoms with Crippen LogP contribution in [-0.2, 0) is 21.2 Å². The molecule has 2 N–H and O–H groups in total. The van der Waals surface area contributed by atoms with Crippen LogP contribution in [-0.4, -0.2) is 27.7 Å². The number of carbonyl (C=O) groups excluding carboxylic acids is 1. The molecule has 1 amide bonds. The number of ether oxygens (including phenoxy) is 1. The molecule has 6 nitrogen and oxygen atoms in total. The Bertz CT molecular complexity index is 853. The van der Waals surface area contributed by atoms with E-state index < -0.39 is 15.8 Å². The summed E-state index contributed by atoms with van der Waals surface area (Å²) in [6, 6.07) is 10.3. The van der Waals surface area contributed by atoms with Crippen LogP contribution in [0.5, 0.6) is 5.75 Å². The molecule has 0 aliphatic carbocycles. The van der Waals surface area contributed by atoms with E-state index in [9.17, 15) is 17.6 Å². The second kappa shape index (κ2) is 7.31. The lowest BCUT2D eigenvalue weighted by molar-refractivity contribution is -0.115. The van der Waals surface area contributed by atoms with Crippen LogP contribution in [0.2, 0.25) is 0 Å². The maximum absolute atomic E-state index is 13.1. The third-order valence-electron chi connectivity index (χ3n) is 3.03. The highest BCUT2D eigenvalue weighted by molar-refractivity contribution is 7.92. The second-order valence-electron chi connectivity index (χ2n) is 5.14. The number of halogens is 1. The van der Waals surface area contributed by atoms with Crippen molar-refractivity contribution in [3.05, 3.63) is 53.8 Å². The molecule has 2 aromatic rings. The van der Waals surface area contributed by atoms with Crippen LogP contribution >= 0.6 is 0 Å². The minimum atomic E-state index is -3.44. The predicted octanol–water partition coefficient (Wildman–Crippen LogP) is 2.39. The summed E-state index contributed by atoms with van der Waals surface area (Å²) in [7, 11) is -2.05. The average Bonchev–Trinajstić information content (AvgIpc) is 2.47. The van der Waals surface area contributed by atoms with Gasteiger partial charge in [0.05, 0.1) is 25.5 Å². The number of benzene rings is 2. The van der Waals surface area contributed by atoms with Crippen molar-refractivity contribution in [2.45, 2.75) is 6.42 Å². The van der Waals surface area contributed by atoms with Crippen LogP contribution in [0, 0.1) is 5.82 Å². The average molecular weight is 352 g/mol. The van der Waals surface area contributed by atoms with E-state index in [2.05, 4.69) is 10.0 Å². The lowest BCUT2D eigenvalue weighted by atomic mass is 10.1. The summed E-state index contributed by atoms with van der Waals surface area (Å²) in [6.45, 7) is 0. The van der Waals surface area contributed by atoms with Crippen LogP contribution in [0.3, 0.4) is 0 Å². The van der Waals surface area contributed by atoms with E-state index in [1.807, 2.05) is 0 Å². The van der Waals surface area contributed by atoms with Crippen LogP contribution in [0.4, 0.5) is 15.8 Å². The van der Waals surface area contributed by atoms with E-state index in [4.69, 9.17) is 4.74 Å². The Morgan fingerprint density at radius 1 is 1.21 bits per heavy atom. The number of carbonyl (C=O) groups is 1. The quantitative estimate of drug-likeness (QED) is 0.836. The molecular weight excluding hydrogens is 335 g/mol. The Balaban J connectivity index is 2.10. The maximum Gasteiger partial charge on any atom is 0.229 e. The highest BCUT2D eigenvalue weighted by atomic mass is 32.2. The molecule has 0 aromatic heterocycles. The SMILES string of the molecule is COc1cc(NC(=O)Cc2cccc(F)c2)ccc1NS(C)(=O)=O. The Morgan fingerprint density at radius 3 is 2.58 bits per heavy atom. The van der Waals surface area contributed by atoms with Gasteiger partial charge in [-0.1, -0.05) is 12.1 Å². The van der Waals surface area contributed by atoms with E-state index in [1.54, 1.807) is 12.1 Å². The Morgan fingerprint density at radius 2 is 1.96 bits per heavy atom. The van der Waals surface area contributed by atoms with Crippen LogP contribution < -0.4 is 14.8 Å². The first-order chi connectivity index (χ1) is 11.3. The standard InChI is InChI=1S/C16H17FN2O4S/c1-23-15-10-13(6-7-14(15)19-24(2,21)22)18-16(20)9-11-4-3-5-12(17)8-11/h3-8,10,19H,9H2,1-2H3,(H,18,20). The molecule has 0 aliphatic rings. The Labute approximate surface area is 139 Å². The summed E-state index contributed by atoms with van der Waals surface area (Å²) in [6.07, 6.45) is 1.05. The maximum atomic E-state index is 13.1. The second-order valence-corrected chi connectivity index (χ2v) is 6.89. The summed E-state index contributed by atoms with van der Waals surface area (Å²) in [5, 5.41) is 2.66. The number of hydrogen-bond donors (Lipinski definition) is 2. The third kappa shape index (κ3) is 5.24. The number of amides is 1. The third-order valence-corrected chi connectivity index (χ3v) is 3.63. The fourth-order valence-electron chi connectivity index (χ4n) is 2.09. The highest BCUT2D eigenvalue weighted by Gasteiger charge is 2.11. The molecule has 0 atom stereocenters. The highest BCUT2D eigenvalue weighted by Crippen LogP contribution is 2.28. The Hall–Kier alpha value is -2.61. The van der Waals surface area contributed by atoms with Gasteiger partial charge in [0, 0.05) is 11.8 Å². The molecule has 2 aromatic carbocycles. The van der Waals surface area contributed by atoms with Crippen molar-refractivity contribution < 1.29 is 22.3 Å². The van der Waals surface area contributed by atoms with Gasteiger partial charge in [0.15, 0.2) is 0 Å². The van der Waals surface area contributed by atoms with Gasteiger partial charge in [-0.2, -0.15) is 0 Å². The molecule has 2 rings (SSSR count). The largest absolute Gasteiger partial charge is 0.494 e. The number of anilines is 2. The van der Waals surface area contributed by atoms with Crippen LogP contribution in [0.25, 0.3) is 0 Å². The van der Waals surface area contributed by atoms with Gasteiger partial charge >= 0.3 is 0 Å². The number of hydrogen-bond acceptors (Lipinski definition) is 4. The molecule has 0 spiro atoms. The molecule has 0 saturated carbocycles. The molecule has 0 fully saturated rings. The van der Waals surface area contributed by atoms with Crippen molar-refractivity contribution in [1.29, 1.82) is 0 Å². The summed E-state index contributed by atoms with van der Waals surface area (Å²) >= 11 is 0. The molecule has 0 unspecified atom stereocenters. The van der Waals surface area contributed by atoms with E-state index >= 15 is 0 Å². The number of nitrogens with one attached hydrogen (secondary N) is 2. The number of sulfonamides is 1. The molecule has 24 heavy (non-hydrogen) atoms. The minimum Gasteiger partial charge on any atom is -0.494 e. The van der Waals surface area contributed by atoms with Gasteiger partial charge in [0.2, 0.25) is 15.9 Å². The van der Waals surface area contributed by atoms with Crippen LogP contribution in [0.1, 0.15) is 5.56 Å². The molecule has 8 heteroatoms. The topological polar surface area (TPSA) is 84.5 Å². The monoisotopic (exact) mass is 352 g/mol. The summed E-state index contributed by atoms with van der Waals surface area (Å²) in [5.41, 5.74) is 1.25. The van der Waals surface area contributed by atoms with Gasteiger partial charge in [-0.15, -0.1) is 0 Å². The molecule has 0 heterocycles. The predicted molar refractivity (Wildman–Crippen MR) is 90.2 cm³/mol. The summed E-state index contributed by atoms with van der Waals surface area (Å²) in [5.74, 6) is -0.464.